The van der Waals surface area contributed by atoms with E-state index < -0.39 is 0 Å². The Kier molecular flexibility index (Phi) is 4.70. The van der Waals surface area contributed by atoms with E-state index in [2.05, 4.69) is 15.6 Å². The van der Waals surface area contributed by atoms with Gasteiger partial charge in [0.05, 0.1) is 6.54 Å². The molecule has 27 heavy (non-hydrogen) atoms. The van der Waals surface area contributed by atoms with Gasteiger partial charge in [-0.25, -0.2) is 4.98 Å². The fraction of sp³-hybridized carbons (Fsp3) is 0.190. The predicted octanol–water partition coefficient (Wildman–Crippen LogP) is 3.12. The van der Waals surface area contributed by atoms with E-state index in [0.717, 1.165) is 24.2 Å². The minimum Gasteiger partial charge on any atom is -0.367 e. The van der Waals surface area contributed by atoms with Gasteiger partial charge in [0.25, 0.3) is 11.5 Å². The minimum atomic E-state index is -0.178. The molecule has 0 bridgehead atoms. The Morgan fingerprint density at radius 1 is 1.11 bits per heavy atom. The Morgan fingerprint density at radius 3 is 2.67 bits per heavy atom. The zero-order valence-corrected chi connectivity index (χ0v) is 14.8. The van der Waals surface area contributed by atoms with E-state index in [9.17, 15) is 9.59 Å². The summed E-state index contributed by atoms with van der Waals surface area (Å²) in [5.41, 5.74) is 2.22. The lowest BCUT2D eigenvalue weighted by Gasteiger charge is -2.09. The largest absolute Gasteiger partial charge is 0.367 e. The molecule has 0 radical (unpaired) electrons. The van der Waals surface area contributed by atoms with Crippen LogP contribution in [0.3, 0.4) is 0 Å². The summed E-state index contributed by atoms with van der Waals surface area (Å²) >= 11 is 0. The van der Waals surface area contributed by atoms with Crippen molar-refractivity contribution in [3.63, 3.8) is 0 Å². The van der Waals surface area contributed by atoms with Gasteiger partial charge < -0.3 is 15.2 Å². The second-order valence-electron chi connectivity index (χ2n) is 6.67. The van der Waals surface area contributed by atoms with Crippen molar-refractivity contribution < 1.29 is 4.79 Å². The summed E-state index contributed by atoms with van der Waals surface area (Å²) in [5, 5.41) is 6.19. The van der Waals surface area contributed by atoms with Crippen molar-refractivity contribution in [2.75, 3.05) is 10.6 Å². The highest BCUT2D eigenvalue weighted by atomic mass is 16.1. The van der Waals surface area contributed by atoms with E-state index in [-0.39, 0.29) is 11.5 Å². The van der Waals surface area contributed by atoms with Gasteiger partial charge in [-0.3, -0.25) is 9.59 Å². The molecule has 6 nitrogen and oxygen atoms in total. The monoisotopic (exact) mass is 360 g/mol. The Labute approximate surface area is 156 Å². The van der Waals surface area contributed by atoms with Gasteiger partial charge in [-0.2, -0.15) is 0 Å². The second-order valence-corrected chi connectivity index (χ2v) is 6.67. The number of hydrogen-bond acceptors (Lipinski definition) is 4. The number of carbonyl (C=O) groups excluding carboxylic acids is 1. The van der Waals surface area contributed by atoms with Crippen LogP contribution in [0.2, 0.25) is 0 Å². The van der Waals surface area contributed by atoms with Crippen LogP contribution in [0, 0.1) is 0 Å². The highest BCUT2D eigenvalue weighted by Gasteiger charge is 2.21. The van der Waals surface area contributed by atoms with Gasteiger partial charge in [-0.1, -0.05) is 18.2 Å². The number of nitrogens with zero attached hydrogens (tertiary/aromatic N) is 2. The summed E-state index contributed by atoms with van der Waals surface area (Å²) in [6.45, 7) is 0.494. The van der Waals surface area contributed by atoms with Crippen LogP contribution in [-0.4, -0.2) is 21.5 Å². The standard InChI is InChI=1S/C21H20N4O2/c26-20-3-1-2-12-25(20)14-15-4-6-18(7-5-15)24-21(27)16-10-11-22-19(13-16)23-17-8-9-17/h1-7,10-13,17H,8-9,14H2,(H,22,23)(H,24,27). The van der Waals surface area contributed by atoms with Crippen molar-refractivity contribution in [3.05, 3.63) is 88.5 Å². The number of nitrogens with one attached hydrogen (secondary N) is 2. The zero-order valence-electron chi connectivity index (χ0n) is 14.8. The first-order valence-electron chi connectivity index (χ1n) is 8.96. The SMILES string of the molecule is O=C(Nc1ccc(Cn2ccccc2=O)cc1)c1ccnc(NC2CC2)c1. The molecule has 2 N–H and O–H groups in total. The molecule has 2 aromatic heterocycles. The summed E-state index contributed by atoms with van der Waals surface area (Å²) in [5.74, 6) is 0.553. The van der Waals surface area contributed by atoms with E-state index in [1.807, 2.05) is 30.3 Å². The fourth-order valence-electron chi connectivity index (χ4n) is 2.77. The quantitative estimate of drug-likeness (QED) is 0.708. The van der Waals surface area contributed by atoms with Crippen LogP contribution in [0.25, 0.3) is 0 Å². The summed E-state index contributed by atoms with van der Waals surface area (Å²) in [6, 6.07) is 16.5. The van der Waals surface area contributed by atoms with Crippen LogP contribution in [0.1, 0.15) is 28.8 Å². The molecule has 6 heteroatoms. The summed E-state index contributed by atoms with van der Waals surface area (Å²) in [6.07, 6.45) is 5.70. The molecule has 1 amide bonds. The average molecular weight is 360 g/mol. The van der Waals surface area contributed by atoms with Gasteiger partial charge in [-0.05, 0) is 48.7 Å². The van der Waals surface area contributed by atoms with Crippen LogP contribution in [0.15, 0.2) is 71.8 Å². The smallest absolute Gasteiger partial charge is 0.255 e. The first-order valence-corrected chi connectivity index (χ1v) is 8.96. The number of anilines is 2. The van der Waals surface area contributed by atoms with Crippen LogP contribution >= 0.6 is 0 Å². The molecular weight excluding hydrogens is 340 g/mol. The molecule has 1 saturated carbocycles. The van der Waals surface area contributed by atoms with E-state index in [0.29, 0.717) is 23.8 Å². The van der Waals surface area contributed by atoms with E-state index in [1.165, 1.54) is 6.07 Å². The second kappa shape index (κ2) is 7.45. The van der Waals surface area contributed by atoms with Crippen molar-refractivity contribution in [2.45, 2.75) is 25.4 Å². The minimum absolute atomic E-state index is 0.0387. The van der Waals surface area contributed by atoms with Crippen LogP contribution < -0.4 is 16.2 Å². The Morgan fingerprint density at radius 2 is 1.93 bits per heavy atom. The molecule has 2 heterocycles. The number of aromatic nitrogens is 2. The third-order valence-electron chi connectivity index (χ3n) is 4.42. The molecule has 0 atom stereocenters. The van der Waals surface area contributed by atoms with Gasteiger partial charge in [-0.15, -0.1) is 0 Å². The van der Waals surface area contributed by atoms with Gasteiger partial charge in [0.2, 0.25) is 0 Å². The number of rotatable bonds is 6. The fourth-order valence-corrected chi connectivity index (χ4v) is 2.77. The van der Waals surface area contributed by atoms with Crippen LogP contribution in [-0.2, 0) is 6.54 Å². The topological polar surface area (TPSA) is 76.0 Å². The van der Waals surface area contributed by atoms with Crippen molar-refractivity contribution in [1.82, 2.24) is 9.55 Å². The molecule has 136 valence electrons. The highest BCUT2D eigenvalue weighted by molar-refractivity contribution is 6.04. The van der Waals surface area contributed by atoms with Crippen molar-refractivity contribution >= 4 is 17.4 Å². The molecular formula is C21H20N4O2. The summed E-state index contributed by atoms with van der Waals surface area (Å²) in [7, 11) is 0. The molecule has 1 aliphatic rings. The Hall–Kier alpha value is -3.41. The molecule has 4 rings (SSSR count). The van der Waals surface area contributed by atoms with Crippen molar-refractivity contribution in [1.29, 1.82) is 0 Å². The molecule has 1 fully saturated rings. The molecule has 0 unspecified atom stereocenters. The number of amides is 1. The lowest BCUT2D eigenvalue weighted by molar-refractivity contribution is 0.102. The maximum absolute atomic E-state index is 12.5. The number of carbonyl (C=O) groups is 1. The Bertz CT molecular complexity index is 1010. The normalized spacial score (nSPS) is 13.2. The van der Waals surface area contributed by atoms with Crippen molar-refractivity contribution in [2.24, 2.45) is 0 Å². The van der Waals surface area contributed by atoms with Gasteiger partial charge in [0.1, 0.15) is 5.82 Å². The average Bonchev–Trinajstić information content (AvgIpc) is 3.49. The lowest BCUT2D eigenvalue weighted by atomic mass is 10.2. The van der Waals surface area contributed by atoms with Gasteiger partial charge in [0.15, 0.2) is 0 Å². The van der Waals surface area contributed by atoms with E-state index in [4.69, 9.17) is 0 Å². The lowest BCUT2D eigenvalue weighted by Crippen LogP contribution is -2.18. The summed E-state index contributed by atoms with van der Waals surface area (Å²) < 4.78 is 1.64. The van der Waals surface area contributed by atoms with Crippen LogP contribution in [0.4, 0.5) is 11.5 Å². The first-order chi connectivity index (χ1) is 13.2. The summed E-state index contributed by atoms with van der Waals surface area (Å²) in [4.78, 5) is 28.5. The van der Waals surface area contributed by atoms with Gasteiger partial charge in [0, 0.05) is 35.8 Å². The maximum atomic E-state index is 12.5. The molecule has 1 aromatic carbocycles. The molecule has 1 aliphatic carbocycles. The highest BCUT2D eigenvalue weighted by Crippen LogP contribution is 2.24. The number of hydrogen-bond donors (Lipinski definition) is 2. The van der Waals surface area contributed by atoms with Gasteiger partial charge >= 0.3 is 0 Å². The predicted molar refractivity (Wildman–Crippen MR) is 105 cm³/mol. The molecule has 0 spiro atoms. The number of pyridine rings is 2. The number of benzene rings is 1. The molecule has 3 aromatic rings. The Balaban J connectivity index is 1.41. The maximum Gasteiger partial charge on any atom is 0.255 e. The zero-order chi connectivity index (χ0) is 18.6. The third-order valence-corrected chi connectivity index (χ3v) is 4.42. The van der Waals surface area contributed by atoms with Crippen molar-refractivity contribution in [3.8, 4) is 0 Å². The molecule has 0 saturated heterocycles. The van der Waals surface area contributed by atoms with E-state index >= 15 is 0 Å². The molecule has 0 aliphatic heterocycles. The van der Waals surface area contributed by atoms with E-state index in [1.54, 1.807) is 35.2 Å². The first kappa shape index (κ1) is 17.0. The van der Waals surface area contributed by atoms with Crippen LogP contribution in [0.5, 0.6) is 0 Å². The third kappa shape index (κ3) is 4.41.